The number of nitrogens with zero attached hydrogens (tertiary/aromatic N) is 4. The molecular formula is C11H8N6O. The lowest BCUT2D eigenvalue weighted by Gasteiger charge is -2.02. The van der Waals surface area contributed by atoms with Crippen molar-refractivity contribution in [3.05, 3.63) is 42.5 Å². The number of hydrogen-bond donors (Lipinski definition) is 2. The Morgan fingerprint density at radius 3 is 3.00 bits per heavy atom. The summed E-state index contributed by atoms with van der Waals surface area (Å²) in [6, 6.07) is 5.17. The van der Waals surface area contributed by atoms with E-state index in [9.17, 15) is 4.79 Å². The van der Waals surface area contributed by atoms with Crippen molar-refractivity contribution in [3.63, 3.8) is 0 Å². The molecule has 0 unspecified atom stereocenters. The molecule has 3 aromatic rings. The molecule has 7 heteroatoms. The third-order valence-corrected chi connectivity index (χ3v) is 2.39. The number of H-pyrrole nitrogens is 1. The molecule has 2 N–H and O–H groups in total. The molecule has 0 spiro atoms. The fourth-order valence-electron chi connectivity index (χ4n) is 1.56. The highest BCUT2D eigenvalue weighted by atomic mass is 16.1. The Labute approximate surface area is 101 Å². The monoisotopic (exact) mass is 240 g/mol. The summed E-state index contributed by atoms with van der Waals surface area (Å²) < 4.78 is 0. The average molecular weight is 240 g/mol. The topological polar surface area (TPSA) is 96.5 Å². The predicted octanol–water partition coefficient (Wildman–Crippen LogP) is 1.00. The van der Waals surface area contributed by atoms with E-state index < -0.39 is 0 Å². The first kappa shape index (κ1) is 10.3. The predicted molar refractivity (Wildman–Crippen MR) is 63.9 cm³/mol. The maximum atomic E-state index is 11.9. The number of amides is 1. The summed E-state index contributed by atoms with van der Waals surface area (Å²) in [6.07, 6.45) is 4.48. The van der Waals surface area contributed by atoms with Crippen LogP contribution in [0, 0.1) is 0 Å². The summed E-state index contributed by atoms with van der Waals surface area (Å²) in [6.45, 7) is 0. The van der Waals surface area contributed by atoms with Crippen molar-refractivity contribution >= 4 is 22.9 Å². The minimum absolute atomic E-state index is 0.173. The summed E-state index contributed by atoms with van der Waals surface area (Å²) in [5.41, 5.74) is 2.11. The smallest absolute Gasteiger partial charge is 0.258 e. The molecule has 3 rings (SSSR count). The summed E-state index contributed by atoms with van der Waals surface area (Å²) >= 11 is 0. The molecule has 18 heavy (non-hydrogen) atoms. The number of anilines is 1. The van der Waals surface area contributed by atoms with E-state index in [1.165, 1.54) is 12.4 Å². The van der Waals surface area contributed by atoms with Gasteiger partial charge in [0.15, 0.2) is 0 Å². The zero-order valence-corrected chi connectivity index (χ0v) is 9.16. The second-order valence-corrected chi connectivity index (χ2v) is 3.55. The summed E-state index contributed by atoms with van der Waals surface area (Å²) in [5.74, 6) is -0.119. The second kappa shape index (κ2) is 4.21. The first-order valence-electron chi connectivity index (χ1n) is 5.21. The van der Waals surface area contributed by atoms with E-state index in [4.69, 9.17) is 0 Å². The maximum absolute atomic E-state index is 11.9. The zero-order valence-electron chi connectivity index (χ0n) is 9.16. The van der Waals surface area contributed by atoms with Crippen molar-refractivity contribution in [2.24, 2.45) is 0 Å². The molecule has 1 aromatic carbocycles. The third-order valence-electron chi connectivity index (χ3n) is 2.39. The van der Waals surface area contributed by atoms with Gasteiger partial charge >= 0.3 is 0 Å². The lowest BCUT2D eigenvalue weighted by Crippen LogP contribution is -2.14. The van der Waals surface area contributed by atoms with Crippen LogP contribution in [0.3, 0.4) is 0 Å². The molecule has 1 amide bonds. The van der Waals surface area contributed by atoms with E-state index >= 15 is 0 Å². The molecule has 0 saturated carbocycles. The SMILES string of the molecule is O=C(Nc1nccnn1)c1ccc2nc[nH]c2c1. The highest BCUT2D eigenvalue weighted by molar-refractivity contribution is 6.05. The van der Waals surface area contributed by atoms with E-state index in [1.807, 2.05) is 0 Å². The molecule has 0 atom stereocenters. The highest BCUT2D eigenvalue weighted by Gasteiger charge is 2.08. The van der Waals surface area contributed by atoms with Crippen molar-refractivity contribution < 1.29 is 4.79 Å². The lowest BCUT2D eigenvalue weighted by molar-refractivity contribution is 0.102. The van der Waals surface area contributed by atoms with E-state index in [-0.39, 0.29) is 11.9 Å². The molecule has 0 fully saturated rings. The Hall–Kier alpha value is -2.83. The Balaban J connectivity index is 1.87. The molecule has 7 nitrogen and oxygen atoms in total. The number of benzene rings is 1. The number of rotatable bonds is 2. The van der Waals surface area contributed by atoms with Crippen LogP contribution in [0.4, 0.5) is 5.95 Å². The van der Waals surface area contributed by atoms with Crippen molar-refractivity contribution in [1.82, 2.24) is 25.1 Å². The van der Waals surface area contributed by atoms with Crippen LogP contribution in [0.15, 0.2) is 36.9 Å². The van der Waals surface area contributed by atoms with Gasteiger partial charge in [0.2, 0.25) is 5.95 Å². The van der Waals surface area contributed by atoms with Crippen LogP contribution in [0.5, 0.6) is 0 Å². The number of aromatic amines is 1. The van der Waals surface area contributed by atoms with Crippen molar-refractivity contribution in [1.29, 1.82) is 0 Å². The van der Waals surface area contributed by atoms with Gasteiger partial charge in [-0.05, 0) is 18.2 Å². The van der Waals surface area contributed by atoms with Crippen LogP contribution < -0.4 is 5.32 Å². The molecule has 2 aromatic heterocycles. The van der Waals surface area contributed by atoms with Crippen LogP contribution in [0.25, 0.3) is 11.0 Å². The van der Waals surface area contributed by atoms with Gasteiger partial charge < -0.3 is 4.98 Å². The zero-order chi connectivity index (χ0) is 12.4. The Bertz CT molecular complexity index is 693. The molecule has 0 aliphatic rings. The number of carbonyl (C=O) groups is 1. The molecule has 0 aliphatic heterocycles. The summed E-state index contributed by atoms with van der Waals surface area (Å²) in [7, 11) is 0. The van der Waals surface area contributed by atoms with E-state index in [0.29, 0.717) is 5.56 Å². The van der Waals surface area contributed by atoms with Gasteiger partial charge in [-0.25, -0.2) is 9.97 Å². The van der Waals surface area contributed by atoms with Crippen LogP contribution in [0.2, 0.25) is 0 Å². The highest BCUT2D eigenvalue weighted by Crippen LogP contribution is 2.12. The van der Waals surface area contributed by atoms with Crippen LogP contribution >= 0.6 is 0 Å². The fraction of sp³-hybridized carbons (Fsp3) is 0. The summed E-state index contributed by atoms with van der Waals surface area (Å²) in [5, 5.41) is 9.87. The minimum Gasteiger partial charge on any atom is -0.345 e. The van der Waals surface area contributed by atoms with Gasteiger partial charge in [0.1, 0.15) is 0 Å². The fourth-order valence-corrected chi connectivity index (χ4v) is 1.56. The number of fused-ring (bicyclic) bond motifs is 1. The second-order valence-electron chi connectivity index (χ2n) is 3.55. The van der Waals surface area contributed by atoms with E-state index in [1.54, 1.807) is 24.5 Å². The molecular weight excluding hydrogens is 232 g/mol. The average Bonchev–Trinajstić information content (AvgIpc) is 2.87. The maximum Gasteiger partial charge on any atom is 0.258 e. The van der Waals surface area contributed by atoms with Gasteiger partial charge in [-0.2, -0.15) is 5.10 Å². The van der Waals surface area contributed by atoms with Crippen molar-refractivity contribution in [2.45, 2.75) is 0 Å². The van der Waals surface area contributed by atoms with Gasteiger partial charge in [-0.3, -0.25) is 10.1 Å². The van der Waals surface area contributed by atoms with Crippen LogP contribution in [0.1, 0.15) is 10.4 Å². The first-order chi connectivity index (χ1) is 8.83. The molecule has 0 saturated heterocycles. The number of carbonyl (C=O) groups excluding carboxylic acids is 1. The number of imidazole rings is 1. The molecule has 0 radical (unpaired) electrons. The van der Waals surface area contributed by atoms with Crippen molar-refractivity contribution in [2.75, 3.05) is 5.32 Å². The molecule has 88 valence electrons. The Morgan fingerprint density at radius 1 is 1.22 bits per heavy atom. The van der Waals surface area contributed by atoms with Gasteiger partial charge in [0.25, 0.3) is 5.91 Å². The Kier molecular flexibility index (Phi) is 2.41. The summed E-state index contributed by atoms with van der Waals surface area (Å²) in [4.78, 5) is 22.8. The van der Waals surface area contributed by atoms with Crippen LogP contribution in [-0.4, -0.2) is 31.1 Å². The standard InChI is InChI=1S/C11H8N6O/c18-10(16-11-12-3-4-15-17-11)7-1-2-8-9(5-7)14-6-13-8/h1-6H,(H,13,14)(H,12,16,17,18). The minimum atomic E-state index is -0.292. The molecule has 0 aliphatic carbocycles. The number of aromatic nitrogens is 5. The first-order valence-corrected chi connectivity index (χ1v) is 5.21. The van der Waals surface area contributed by atoms with Gasteiger partial charge in [0, 0.05) is 5.56 Å². The number of nitrogens with one attached hydrogen (secondary N) is 2. The van der Waals surface area contributed by atoms with Crippen molar-refractivity contribution in [3.8, 4) is 0 Å². The quantitative estimate of drug-likeness (QED) is 0.696. The Morgan fingerprint density at radius 2 is 2.17 bits per heavy atom. The molecule has 2 heterocycles. The van der Waals surface area contributed by atoms with Gasteiger partial charge in [0.05, 0.1) is 29.8 Å². The van der Waals surface area contributed by atoms with Gasteiger partial charge in [-0.1, -0.05) is 0 Å². The van der Waals surface area contributed by atoms with E-state index in [2.05, 4.69) is 30.5 Å². The number of hydrogen-bond acceptors (Lipinski definition) is 5. The van der Waals surface area contributed by atoms with Crippen LogP contribution in [-0.2, 0) is 0 Å². The largest absolute Gasteiger partial charge is 0.345 e. The normalized spacial score (nSPS) is 10.4. The molecule has 0 bridgehead atoms. The third kappa shape index (κ3) is 1.88. The van der Waals surface area contributed by atoms with E-state index in [0.717, 1.165) is 11.0 Å². The lowest BCUT2D eigenvalue weighted by atomic mass is 10.2. The van der Waals surface area contributed by atoms with Gasteiger partial charge in [-0.15, -0.1) is 5.10 Å².